The standard InChI is InChI=1S/C49H27N5OS2/c1-3-12-28(13-4-1)46-50-43(45-44(51-46)35-17-8-10-21-40(35)57-45)30-22-25-34-38(26-30)55-37-19-11-18-36(42(34)37)49-53-47(29-14-5-2-6-15-29)52-48(54-49)31-23-24-33-32-16-7-9-20-39(32)56-41(33)27-31/h1-27H. The lowest BCUT2D eigenvalue weighted by Crippen LogP contribution is -2.00. The minimum Gasteiger partial charge on any atom is -0.456 e. The molecular formula is C49H27N5OS2. The molecule has 7 aromatic carbocycles. The Morgan fingerprint density at radius 3 is 1.77 bits per heavy atom. The van der Waals surface area contributed by atoms with E-state index in [0.29, 0.717) is 23.3 Å². The van der Waals surface area contributed by atoms with Crippen molar-refractivity contribution in [2.45, 2.75) is 0 Å². The molecule has 0 atom stereocenters. The maximum absolute atomic E-state index is 6.66. The fourth-order valence-corrected chi connectivity index (χ4v) is 10.2. The second-order valence-corrected chi connectivity index (χ2v) is 16.1. The van der Waals surface area contributed by atoms with Crippen molar-refractivity contribution in [1.82, 2.24) is 24.9 Å². The molecule has 0 radical (unpaired) electrons. The fourth-order valence-electron chi connectivity index (χ4n) is 7.87. The Bertz CT molecular complexity index is 3540. The van der Waals surface area contributed by atoms with Crippen molar-refractivity contribution in [2.24, 2.45) is 0 Å². The maximum Gasteiger partial charge on any atom is 0.164 e. The minimum absolute atomic E-state index is 0.586. The summed E-state index contributed by atoms with van der Waals surface area (Å²) in [4.78, 5) is 25.7. The van der Waals surface area contributed by atoms with Crippen LogP contribution in [0, 0.1) is 0 Å². The number of thiophene rings is 2. The van der Waals surface area contributed by atoms with Crippen LogP contribution in [-0.4, -0.2) is 24.9 Å². The molecule has 0 fully saturated rings. The van der Waals surface area contributed by atoms with Crippen LogP contribution in [0.15, 0.2) is 168 Å². The molecule has 0 saturated heterocycles. The fraction of sp³-hybridized carbons (Fsp3) is 0. The van der Waals surface area contributed by atoms with Gasteiger partial charge in [0.05, 0.1) is 15.9 Å². The number of hydrogen-bond donors (Lipinski definition) is 0. The van der Waals surface area contributed by atoms with Gasteiger partial charge in [0.2, 0.25) is 0 Å². The van der Waals surface area contributed by atoms with E-state index < -0.39 is 0 Å². The Morgan fingerprint density at radius 2 is 0.982 bits per heavy atom. The molecule has 12 aromatic rings. The quantitative estimate of drug-likeness (QED) is 0.174. The normalized spacial score (nSPS) is 11.9. The predicted molar refractivity (Wildman–Crippen MR) is 236 cm³/mol. The van der Waals surface area contributed by atoms with E-state index in [1.165, 1.54) is 24.9 Å². The molecule has 0 N–H and O–H groups in total. The van der Waals surface area contributed by atoms with Crippen molar-refractivity contribution in [3.63, 3.8) is 0 Å². The summed E-state index contributed by atoms with van der Waals surface area (Å²) in [7, 11) is 0. The lowest BCUT2D eigenvalue weighted by atomic mass is 10.0. The third-order valence-electron chi connectivity index (χ3n) is 10.6. The molecule has 0 unspecified atom stereocenters. The van der Waals surface area contributed by atoms with Gasteiger partial charge in [0.15, 0.2) is 23.3 Å². The molecule has 0 amide bonds. The number of rotatable bonds is 5. The monoisotopic (exact) mass is 765 g/mol. The topological polar surface area (TPSA) is 77.6 Å². The van der Waals surface area contributed by atoms with Crippen LogP contribution in [-0.2, 0) is 0 Å². The van der Waals surface area contributed by atoms with Crippen molar-refractivity contribution < 1.29 is 4.42 Å². The molecule has 0 saturated carbocycles. The Kier molecular flexibility index (Phi) is 7.17. The third kappa shape index (κ3) is 5.26. The average molecular weight is 766 g/mol. The first-order chi connectivity index (χ1) is 28.2. The van der Waals surface area contributed by atoms with Gasteiger partial charge in [-0.2, -0.15) is 0 Å². The van der Waals surface area contributed by atoms with Crippen LogP contribution in [0.2, 0.25) is 0 Å². The van der Waals surface area contributed by atoms with Crippen molar-refractivity contribution >= 4 is 85.1 Å². The van der Waals surface area contributed by atoms with E-state index in [9.17, 15) is 0 Å². The molecule has 0 spiro atoms. The van der Waals surface area contributed by atoms with Crippen LogP contribution >= 0.6 is 22.7 Å². The van der Waals surface area contributed by atoms with Crippen LogP contribution in [0.1, 0.15) is 0 Å². The highest BCUT2D eigenvalue weighted by Crippen LogP contribution is 2.43. The number of hydrogen-bond acceptors (Lipinski definition) is 8. The van der Waals surface area contributed by atoms with Gasteiger partial charge in [-0.3, -0.25) is 0 Å². The Morgan fingerprint density at radius 1 is 0.368 bits per heavy atom. The zero-order chi connectivity index (χ0) is 37.5. The molecular weight excluding hydrogens is 739 g/mol. The first kappa shape index (κ1) is 32.1. The van der Waals surface area contributed by atoms with E-state index >= 15 is 0 Å². The molecule has 5 aromatic heterocycles. The summed E-state index contributed by atoms with van der Waals surface area (Å²) in [6.07, 6.45) is 0. The summed E-state index contributed by atoms with van der Waals surface area (Å²) in [5.74, 6) is 2.52. The molecule has 57 heavy (non-hydrogen) atoms. The zero-order valence-electron chi connectivity index (χ0n) is 30.0. The Labute approximate surface area is 333 Å². The summed E-state index contributed by atoms with van der Waals surface area (Å²) in [6.45, 7) is 0. The Balaban J connectivity index is 1.04. The summed E-state index contributed by atoms with van der Waals surface area (Å²) in [5.41, 5.74) is 8.03. The number of nitrogens with zero attached hydrogens (tertiary/aromatic N) is 5. The second-order valence-electron chi connectivity index (χ2n) is 14.0. The number of furan rings is 1. The van der Waals surface area contributed by atoms with Crippen LogP contribution in [0.5, 0.6) is 0 Å². The highest BCUT2D eigenvalue weighted by molar-refractivity contribution is 7.26. The smallest absolute Gasteiger partial charge is 0.164 e. The number of benzene rings is 7. The van der Waals surface area contributed by atoms with E-state index in [1.54, 1.807) is 22.7 Å². The van der Waals surface area contributed by atoms with Crippen LogP contribution in [0.4, 0.5) is 0 Å². The van der Waals surface area contributed by atoms with Crippen molar-refractivity contribution in [3.05, 3.63) is 164 Å². The highest BCUT2D eigenvalue weighted by Gasteiger charge is 2.21. The average Bonchev–Trinajstić information content (AvgIpc) is 3.97. The maximum atomic E-state index is 6.66. The second kappa shape index (κ2) is 12.7. The van der Waals surface area contributed by atoms with Crippen LogP contribution < -0.4 is 0 Å². The largest absolute Gasteiger partial charge is 0.456 e. The van der Waals surface area contributed by atoms with Gasteiger partial charge in [0.25, 0.3) is 0 Å². The van der Waals surface area contributed by atoms with Crippen molar-refractivity contribution in [1.29, 1.82) is 0 Å². The van der Waals surface area contributed by atoms with Gasteiger partial charge in [-0.15, -0.1) is 22.7 Å². The number of fused-ring (bicyclic) bond motifs is 9. The van der Waals surface area contributed by atoms with Crippen molar-refractivity contribution in [3.8, 4) is 56.8 Å². The van der Waals surface area contributed by atoms with E-state index in [4.69, 9.17) is 29.3 Å². The summed E-state index contributed by atoms with van der Waals surface area (Å²) >= 11 is 3.51. The van der Waals surface area contributed by atoms with Gasteiger partial charge in [-0.25, -0.2) is 24.9 Å². The third-order valence-corrected chi connectivity index (χ3v) is 12.9. The Hall–Kier alpha value is -7.13. The predicted octanol–water partition coefficient (Wildman–Crippen LogP) is 13.6. The molecule has 5 heterocycles. The summed E-state index contributed by atoms with van der Waals surface area (Å²) in [6, 6.07) is 56.2. The molecule has 12 rings (SSSR count). The molecule has 0 aliphatic heterocycles. The van der Waals surface area contributed by atoms with Crippen LogP contribution in [0.3, 0.4) is 0 Å². The molecule has 0 bridgehead atoms. The number of aromatic nitrogens is 5. The molecule has 8 heteroatoms. The molecule has 266 valence electrons. The van der Waals surface area contributed by atoms with E-state index in [0.717, 1.165) is 71.1 Å². The van der Waals surface area contributed by atoms with E-state index in [2.05, 4.69) is 103 Å². The van der Waals surface area contributed by atoms with Gasteiger partial charge >= 0.3 is 0 Å². The SMILES string of the molecule is c1ccc(-c2nc(-c3ccc4c(c3)sc3ccccc34)nc(-c3cccc4oc5cc(-c6nc(-c7ccccc7)nc7c6sc6ccccc67)ccc5c34)n2)cc1. The highest BCUT2D eigenvalue weighted by atomic mass is 32.1. The first-order valence-corrected chi connectivity index (χ1v) is 20.3. The minimum atomic E-state index is 0.586. The zero-order valence-corrected chi connectivity index (χ0v) is 31.7. The van der Waals surface area contributed by atoms with E-state index in [1.807, 2.05) is 60.7 Å². The van der Waals surface area contributed by atoms with Gasteiger partial charge < -0.3 is 4.42 Å². The summed E-state index contributed by atoms with van der Waals surface area (Å²) in [5, 5.41) is 5.55. The molecule has 0 aliphatic carbocycles. The molecule has 0 aliphatic rings. The van der Waals surface area contributed by atoms with Gasteiger partial charge in [0, 0.05) is 68.8 Å². The van der Waals surface area contributed by atoms with Crippen LogP contribution in [0.25, 0.3) is 119 Å². The van der Waals surface area contributed by atoms with Gasteiger partial charge in [-0.1, -0.05) is 127 Å². The molecule has 6 nitrogen and oxygen atoms in total. The lowest BCUT2D eigenvalue weighted by Gasteiger charge is -2.09. The van der Waals surface area contributed by atoms with Crippen molar-refractivity contribution in [2.75, 3.05) is 0 Å². The first-order valence-electron chi connectivity index (χ1n) is 18.7. The lowest BCUT2D eigenvalue weighted by molar-refractivity contribution is 0.669. The van der Waals surface area contributed by atoms with Gasteiger partial charge in [-0.05, 0) is 36.4 Å². The van der Waals surface area contributed by atoms with Gasteiger partial charge in [0.1, 0.15) is 11.2 Å². The summed E-state index contributed by atoms with van der Waals surface area (Å²) < 4.78 is 11.3. The van der Waals surface area contributed by atoms with E-state index in [-0.39, 0.29) is 0 Å².